The largest absolute Gasteiger partial charge is 0.376 e. The Kier molecular flexibility index (Phi) is 4.70. The van der Waals surface area contributed by atoms with E-state index in [4.69, 9.17) is 4.74 Å². The summed E-state index contributed by atoms with van der Waals surface area (Å²) >= 11 is 1.79. The van der Waals surface area contributed by atoms with E-state index in [1.54, 1.807) is 11.3 Å². The lowest BCUT2D eigenvalue weighted by molar-refractivity contribution is -0.123. The predicted molar refractivity (Wildman–Crippen MR) is 79.9 cm³/mol. The van der Waals surface area contributed by atoms with Crippen molar-refractivity contribution < 1.29 is 9.53 Å². The van der Waals surface area contributed by atoms with Crippen LogP contribution < -0.4 is 5.32 Å². The molecule has 1 aromatic heterocycles. The number of amides is 1. The molecule has 0 unspecified atom stereocenters. The van der Waals surface area contributed by atoms with Gasteiger partial charge in [0.2, 0.25) is 5.91 Å². The van der Waals surface area contributed by atoms with Crippen LogP contribution in [0.25, 0.3) is 0 Å². The fraction of sp³-hybridized carbons (Fsp3) is 0.667. The Morgan fingerprint density at radius 1 is 1.45 bits per heavy atom. The Morgan fingerprint density at radius 2 is 2.40 bits per heavy atom. The third-order valence-corrected chi connectivity index (χ3v) is 5.11. The van der Waals surface area contributed by atoms with E-state index in [-0.39, 0.29) is 12.0 Å². The monoisotopic (exact) mass is 294 g/mol. The minimum Gasteiger partial charge on any atom is -0.376 e. The number of carbonyl (C=O) groups is 1. The van der Waals surface area contributed by atoms with Crippen LogP contribution in [-0.2, 0) is 9.53 Å². The average Bonchev–Trinajstić information content (AvgIpc) is 3.18. The Balaban J connectivity index is 1.47. The number of hydrogen-bond donors (Lipinski definition) is 1. The molecule has 3 rings (SSSR count). The van der Waals surface area contributed by atoms with Crippen molar-refractivity contribution >= 4 is 17.2 Å². The second kappa shape index (κ2) is 6.70. The summed E-state index contributed by atoms with van der Waals surface area (Å²) in [4.78, 5) is 15.8. The first-order valence-electron chi connectivity index (χ1n) is 7.48. The molecule has 2 fully saturated rings. The SMILES string of the molecule is O=C(CN1CCC[C@@H]1c1cccs1)NC[C@H]1CCCO1. The topological polar surface area (TPSA) is 41.6 Å². The van der Waals surface area contributed by atoms with Gasteiger partial charge in [0.1, 0.15) is 0 Å². The van der Waals surface area contributed by atoms with E-state index >= 15 is 0 Å². The van der Waals surface area contributed by atoms with Crippen molar-refractivity contribution in [3.05, 3.63) is 22.4 Å². The molecule has 0 aromatic carbocycles. The molecule has 1 amide bonds. The van der Waals surface area contributed by atoms with E-state index in [0.29, 0.717) is 19.1 Å². The highest BCUT2D eigenvalue weighted by Gasteiger charge is 2.28. The van der Waals surface area contributed by atoms with E-state index in [0.717, 1.165) is 26.0 Å². The summed E-state index contributed by atoms with van der Waals surface area (Å²) in [7, 11) is 0. The first-order valence-corrected chi connectivity index (χ1v) is 8.36. The summed E-state index contributed by atoms with van der Waals surface area (Å²) in [5.74, 6) is 0.129. The zero-order chi connectivity index (χ0) is 13.8. The fourth-order valence-corrected chi connectivity index (χ4v) is 3.99. The summed E-state index contributed by atoms with van der Waals surface area (Å²) < 4.78 is 5.53. The summed E-state index contributed by atoms with van der Waals surface area (Å²) in [6.07, 6.45) is 4.77. The van der Waals surface area contributed by atoms with Gasteiger partial charge in [0, 0.05) is 24.1 Å². The number of nitrogens with one attached hydrogen (secondary N) is 1. The Hall–Kier alpha value is -0.910. The molecular formula is C15H22N2O2S. The van der Waals surface area contributed by atoms with Gasteiger partial charge in [0.15, 0.2) is 0 Å². The van der Waals surface area contributed by atoms with Gasteiger partial charge in [-0.05, 0) is 43.7 Å². The minimum absolute atomic E-state index is 0.129. The molecule has 0 aliphatic carbocycles. The standard InChI is InChI=1S/C15H22N2O2S/c18-15(16-10-12-4-2-8-19-12)11-17-7-1-5-13(17)14-6-3-9-20-14/h3,6,9,12-13H,1-2,4-5,7-8,10-11H2,(H,16,18)/t12-,13-/m1/s1. The van der Waals surface area contributed by atoms with Crippen molar-refractivity contribution in [1.82, 2.24) is 10.2 Å². The van der Waals surface area contributed by atoms with Gasteiger partial charge < -0.3 is 10.1 Å². The summed E-state index contributed by atoms with van der Waals surface area (Å²) in [6, 6.07) is 4.70. The smallest absolute Gasteiger partial charge is 0.234 e. The van der Waals surface area contributed by atoms with Crippen LogP contribution >= 0.6 is 11.3 Å². The van der Waals surface area contributed by atoms with Gasteiger partial charge in [-0.2, -0.15) is 0 Å². The van der Waals surface area contributed by atoms with Gasteiger partial charge in [-0.3, -0.25) is 9.69 Å². The summed E-state index contributed by atoms with van der Waals surface area (Å²) in [5, 5.41) is 5.13. The third-order valence-electron chi connectivity index (χ3n) is 4.13. The molecule has 5 heteroatoms. The van der Waals surface area contributed by atoms with Gasteiger partial charge in [-0.15, -0.1) is 11.3 Å². The second-order valence-corrected chi connectivity index (χ2v) is 6.56. The highest BCUT2D eigenvalue weighted by molar-refractivity contribution is 7.10. The van der Waals surface area contributed by atoms with Crippen LogP contribution in [0.1, 0.15) is 36.6 Å². The number of thiophene rings is 1. The van der Waals surface area contributed by atoms with Crippen LogP contribution in [0.15, 0.2) is 17.5 Å². The number of likely N-dealkylation sites (tertiary alicyclic amines) is 1. The van der Waals surface area contributed by atoms with Crippen LogP contribution in [0.2, 0.25) is 0 Å². The van der Waals surface area contributed by atoms with Crippen LogP contribution in [-0.4, -0.2) is 43.2 Å². The molecule has 0 radical (unpaired) electrons. The lowest BCUT2D eigenvalue weighted by atomic mass is 10.2. The molecule has 0 spiro atoms. The maximum absolute atomic E-state index is 12.1. The molecule has 2 aliphatic heterocycles. The Morgan fingerprint density at radius 3 is 3.15 bits per heavy atom. The molecule has 20 heavy (non-hydrogen) atoms. The fourth-order valence-electron chi connectivity index (χ4n) is 3.09. The molecule has 2 saturated heterocycles. The van der Waals surface area contributed by atoms with Gasteiger partial charge in [0.05, 0.1) is 12.6 Å². The molecule has 110 valence electrons. The Bertz CT molecular complexity index is 429. The summed E-state index contributed by atoms with van der Waals surface area (Å²) in [5.41, 5.74) is 0. The maximum atomic E-state index is 12.1. The van der Waals surface area contributed by atoms with Gasteiger partial charge in [-0.25, -0.2) is 0 Å². The van der Waals surface area contributed by atoms with Crippen molar-refractivity contribution in [2.75, 3.05) is 26.2 Å². The lowest BCUT2D eigenvalue weighted by Crippen LogP contribution is -2.39. The van der Waals surface area contributed by atoms with E-state index in [1.165, 1.54) is 17.7 Å². The number of nitrogens with zero attached hydrogens (tertiary/aromatic N) is 1. The molecule has 1 aromatic rings. The zero-order valence-corrected chi connectivity index (χ0v) is 12.5. The molecule has 2 aliphatic rings. The average molecular weight is 294 g/mol. The highest BCUT2D eigenvalue weighted by Crippen LogP contribution is 2.33. The zero-order valence-electron chi connectivity index (χ0n) is 11.7. The highest BCUT2D eigenvalue weighted by atomic mass is 32.1. The van der Waals surface area contributed by atoms with Crippen LogP contribution in [0.3, 0.4) is 0 Å². The van der Waals surface area contributed by atoms with Crippen molar-refractivity contribution in [3.63, 3.8) is 0 Å². The van der Waals surface area contributed by atoms with Crippen LogP contribution in [0.5, 0.6) is 0 Å². The molecule has 3 heterocycles. The number of rotatable bonds is 5. The van der Waals surface area contributed by atoms with Crippen LogP contribution in [0.4, 0.5) is 0 Å². The second-order valence-electron chi connectivity index (χ2n) is 5.58. The van der Waals surface area contributed by atoms with Crippen molar-refractivity contribution in [1.29, 1.82) is 0 Å². The Labute approximate surface area is 124 Å². The predicted octanol–water partition coefficient (Wildman–Crippen LogP) is 2.18. The lowest BCUT2D eigenvalue weighted by Gasteiger charge is -2.23. The van der Waals surface area contributed by atoms with Gasteiger partial charge in [-0.1, -0.05) is 6.07 Å². The minimum atomic E-state index is 0.129. The van der Waals surface area contributed by atoms with E-state index < -0.39 is 0 Å². The van der Waals surface area contributed by atoms with Gasteiger partial charge >= 0.3 is 0 Å². The van der Waals surface area contributed by atoms with Crippen LogP contribution in [0, 0.1) is 0 Å². The van der Waals surface area contributed by atoms with Crippen molar-refractivity contribution in [2.24, 2.45) is 0 Å². The maximum Gasteiger partial charge on any atom is 0.234 e. The molecule has 0 bridgehead atoms. The van der Waals surface area contributed by atoms with E-state index in [2.05, 4.69) is 27.7 Å². The van der Waals surface area contributed by atoms with Crippen molar-refractivity contribution in [2.45, 2.75) is 37.8 Å². The number of carbonyl (C=O) groups excluding carboxylic acids is 1. The molecular weight excluding hydrogens is 272 g/mol. The first kappa shape index (κ1) is 14.0. The number of hydrogen-bond acceptors (Lipinski definition) is 4. The normalized spacial score (nSPS) is 27.0. The summed E-state index contributed by atoms with van der Waals surface area (Å²) in [6.45, 7) is 3.04. The molecule has 0 saturated carbocycles. The van der Waals surface area contributed by atoms with E-state index in [9.17, 15) is 4.79 Å². The number of ether oxygens (including phenoxy) is 1. The quantitative estimate of drug-likeness (QED) is 0.905. The van der Waals surface area contributed by atoms with Gasteiger partial charge in [0.25, 0.3) is 0 Å². The molecule has 2 atom stereocenters. The van der Waals surface area contributed by atoms with E-state index in [1.807, 2.05) is 0 Å². The first-order chi connectivity index (χ1) is 9.83. The third kappa shape index (κ3) is 3.40. The van der Waals surface area contributed by atoms with Crippen molar-refractivity contribution in [3.8, 4) is 0 Å². The molecule has 1 N–H and O–H groups in total. The molecule has 4 nitrogen and oxygen atoms in total.